The van der Waals surface area contributed by atoms with Gasteiger partial charge in [-0.2, -0.15) is 0 Å². The second-order valence-corrected chi connectivity index (χ2v) is 6.42. The number of benzene rings is 1. The topological polar surface area (TPSA) is 49.7 Å². The van der Waals surface area contributed by atoms with Gasteiger partial charge in [0.1, 0.15) is 0 Å². The molecule has 3 nitrogen and oxygen atoms in total. The van der Waals surface area contributed by atoms with E-state index in [9.17, 15) is 10.2 Å². The van der Waals surface area contributed by atoms with Crippen molar-refractivity contribution in [3.63, 3.8) is 0 Å². The van der Waals surface area contributed by atoms with Crippen molar-refractivity contribution < 1.29 is 14.9 Å². The molecule has 1 aromatic rings. The molecule has 3 heteroatoms. The van der Waals surface area contributed by atoms with Crippen molar-refractivity contribution in [2.45, 2.75) is 90.6 Å². The van der Waals surface area contributed by atoms with Crippen LogP contribution in [0.25, 0.3) is 0 Å². The molecule has 1 aromatic carbocycles. The zero-order chi connectivity index (χ0) is 16.9. The average Bonchev–Trinajstić information content (AvgIpc) is 2.55. The molecule has 0 aliphatic rings. The quantitative estimate of drug-likeness (QED) is 0.337. The Morgan fingerprint density at radius 1 is 0.826 bits per heavy atom. The number of aromatic hydroxyl groups is 2. The molecule has 0 amide bonds. The third-order valence-corrected chi connectivity index (χ3v) is 4.28. The molecule has 0 radical (unpaired) electrons. The Hall–Kier alpha value is -1.38. The first kappa shape index (κ1) is 19.7. The molecule has 1 unspecified atom stereocenters. The van der Waals surface area contributed by atoms with E-state index in [1.165, 1.54) is 51.0 Å². The number of para-hydroxylation sites is 1. The lowest BCUT2D eigenvalue weighted by atomic mass is 10.0. The predicted molar refractivity (Wildman–Crippen MR) is 96.3 cm³/mol. The van der Waals surface area contributed by atoms with Crippen LogP contribution in [0.15, 0.2) is 18.2 Å². The molecule has 23 heavy (non-hydrogen) atoms. The van der Waals surface area contributed by atoms with Crippen molar-refractivity contribution in [3.05, 3.63) is 18.2 Å². The highest BCUT2D eigenvalue weighted by molar-refractivity contribution is 5.48. The lowest BCUT2D eigenvalue weighted by molar-refractivity contribution is 0.166. The molecule has 0 aliphatic carbocycles. The summed E-state index contributed by atoms with van der Waals surface area (Å²) in [5, 5.41) is 19.5. The Morgan fingerprint density at radius 2 is 1.43 bits per heavy atom. The van der Waals surface area contributed by atoms with Crippen LogP contribution < -0.4 is 4.74 Å². The maximum Gasteiger partial charge on any atom is 0.200 e. The zero-order valence-corrected chi connectivity index (χ0v) is 14.9. The standard InChI is InChI=1S/C20H34O3/c1-3-5-7-8-9-10-11-14-17(13-6-4-2)23-19-16-12-15-18(21)20(19)22/h12,15-17,21-22H,3-11,13-14H2,1-2H3. The molecule has 0 aliphatic heterocycles. The van der Waals surface area contributed by atoms with Gasteiger partial charge in [0, 0.05) is 0 Å². The van der Waals surface area contributed by atoms with E-state index in [1.54, 1.807) is 12.1 Å². The van der Waals surface area contributed by atoms with Crippen molar-refractivity contribution in [2.75, 3.05) is 0 Å². The van der Waals surface area contributed by atoms with E-state index in [1.807, 2.05) is 0 Å². The van der Waals surface area contributed by atoms with Gasteiger partial charge in [0.15, 0.2) is 11.5 Å². The number of ether oxygens (including phenoxy) is 1. The van der Waals surface area contributed by atoms with Crippen LogP contribution in [0.2, 0.25) is 0 Å². The maximum atomic E-state index is 9.89. The summed E-state index contributed by atoms with van der Waals surface area (Å²) in [6.45, 7) is 4.42. The lowest BCUT2D eigenvalue weighted by Crippen LogP contribution is -2.16. The van der Waals surface area contributed by atoms with Gasteiger partial charge in [-0.25, -0.2) is 0 Å². The summed E-state index contributed by atoms with van der Waals surface area (Å²) >= 11 is 0. The Balaban J connectivity index is 2.38. The van der Waals surface area contributed by atoms with Gasteiger partial charge in [0.2, 0.25) is 5.75 Å². The first-order valence-electron chi connectivity index (χ1n) is 9.36. The van der Waals surface area contributed by atoms with Crippen molar-refractivity contribution >= 4 is 0 Å². The van der Waals surface area contributed by atoms with E-state index in [-0.39, 0.29) is 17.6 Å². The number of rotatable bonds is 13. The van der Waals surface area contributed by atoms with Crippen LogP contribution in [0.3, 0.4) is 0 Å². The first-order chi connectivity index (χ1) is 11.2. The van der Waals surface area contributed by atoms with Crippen LogP contribution in [0, 0.1) is 0 Å². The second-order valence-electron chi connectivity index (χ2n) is 6.42. The molecule has 0 bridgehead atoms. The molecule has 0 aromatic heterocycles. The Kier molecular flexibility index (Phi) is 10.3. The molecule has 1 atom stereocenters. The van der Waals surface area contributed by atoms with Crippen LogP contribution in [-0.2, 0) is 0 Å². The Bertz CT molecular complexity index is 417. The van der Waals surface area contributed by atoms with Gasteiger partial charge in [0.05, 0.1) is 6.10 Å². The minimum atomic E-state index is -0.145. The summed E-state index contributed by atoms with van der Waals surface area (Å²) in [7, 11) is 0. The molecular formula is C20H34O3. The third kappa shape index (κ3) is 8.15. The highest BCUT2D eigenvalue weighted by Crippen LogP contribution is 2.36. The normalized spacial score (nSPS) is 12.3. The van der Waals surface area contributed by atoms with Gasteiger partial charge in [-0.15, -0.1) is 0 Å². The summed E-state index contributed by atoms with van der Waals surface area (Å²) in [6.07, 6.45) is 13.5. The monoisotopic (exact) mass is 322 g/mol. The lowest BCUT2D eigenvalue weighted by Gasteiger charge is -2.20. The maximum absolute atomic E-state index is 9.89. The molecule has 0 heterocycles. The minimum Gasteiger partial charge on any atom is -0.504 e. The van der Waals surface area contributed by atoms with E-state index in [4.69, 9.17) is 4.74 Å². The summed E-state index contributed by atoms with van der Waals surface area (Å²) in [6, 6.07) is 4.90. The largest absolute Gasteiger partial charge is 0.504 e. The number of unbranched alkanes of at least 4 members (excludes halogenated alkanes) is 7. The fourth-order valence-corrected chi connectivity index (χ4v) is 2.81. The second kappa shape index (κ2) is 12.1. The van der Waals surface area contributed by atoms with Crippen molar-refractivity contribution in [1.29, 1.82) is 0 Å². The fourth-order valence-electron chi connectivity index (χ4n) is 2.81. The van der Waals surface area contributed by atoms with Crippen molar-refractivity contribution in [2.24, 2.45) is 0 Å². The van der Waals surface area contributed by atoms with E-state index in [0.29, 0.717) is 5.75 Å². The Labute approximate surface area is 141 Å². The van der Waals surface area contributed by atoms with Gasteiger partial charge < -0.3 is 14.9 Å². The summed E-state index contributed by atoms with van der Waals surface area (Å²) in [5.41, 5.74) is 0. The minimum absolute atomic E-state index is 0.118. The first-order valence-corrected chi connectivity index (χ1v) is 9.36. The fraction of sp³-hybridized carbons (Fsp3) is 0.700. The van der Waals surface area contributed by atoms with Crippen LogP contribution in [0.5, 0.6) is 17.2 Å². The number of hydrogen-bond donors (Lipinski definition) is 2. The van der Waals surface area contributed by atoms with Gasteiger partial charge in [-0.3, -0.25) is 0 Å². The summed E-state index contributed by atoms with van der Waals surface area (Å²) < 4.78 is 5.96. The Morgan fingerprint density at radius 3 is 2.13 bits per heavy atom. The SMILES string of the molecule is CCCCCCCCCC(CCCC)Oc1cccc(O)c1O. The molecule has 0 saturated heterocycles. The molecular weight excluding hydrogens is 288 g/mol. The van der Waals surface area contributed by atoms with Crippen LogP contribution in [-0.4, -0.2) is 16.3 Å². The number of phenols is 2. The van der Waals surface area contributed by atoms with Gasteiger partial charge in [-0.1, -0.05) is 71.3 Å². The molecule has 132 valence electrons. The average molecular weight is 322 g/mol. The summed E-state index contributed by atoms with van der Waals surface area (Å²) in [5.74, 6) is 0.135. The van der Waals surface area contributed by atoms with Gasteiger partial charge >= 0.3 is 0 Å². The van der Waals surface area contributed by atoms with E-state index in [0.717, 1.165) is 25.7 Å². The molecule has 0 saturated carbocycles. The van der Waals surface area contributed by atoms with E-state index in [2.05, 4.69) is 13.8 Å². The smallest absolute Gasteiger partial charge is 0.200 e. The highest BCUT2D eigenvalue weighted by atomic mass is 16.5. The molecule has 1 rings (SSSR count). The summed E-state index contributed by atoms with van der Waals surface area (Å²) in [4.78, 5) is 0. The van der Waals surface area contributed by atoms with Crippen LogP contribution >= 0.6 is 0 Å². The van der Waals surface area contributed by atoms with Crippen LogP contribution in [0.1, 0.15) is 84.5 Å². The molecule has 0 fully saturated rings. The number of hydrogen-bond acceptors (Lipinski definition) is 3. The predicted octanol–water partition coefficient (Wildman–Crippen LogP) is 6.18. The number of phenolic OH excluding ortho intramolecular Hbond substituents is 2. The van der Waals surface area contributed by atoms with E-state index < -0.39 is 0 Å². The third-order valence-electron chi connectivity index (χ3n) is 4.28. The zero-order valence-electron chi connectivity index (χ0n) is 14.9. The van der Waals surface area contributed by atoms with Gasteiger partial charge in [0.25, 0.3) is 0 Å². The van der Waals surface area contributed by atoms with Crippen molar-refractivity contribution in [1.82, 2.24) is 0 Å². The molecule has 2 N–H and O–H groups in total. The highest BCUT2D eigenvalue weighted by Gasteiger charge is 2.14. The van der Waals surface area contributed by atoms with Crippen molar-refractivity contribution in [3.8, 4) is 17.2 Å². The molecule has 0 spiro atoms. The van der Waals surface area contributed by atoms with Gasteiger partial charge in [-0.05, 0) is 31.4 Å². The van der Waals surface area contributed by atoms with E-state index >= 15 is 0 Å². The van der Waals surface area contributed by atoms with Crippen LogP contribution in [0.4, 0.5) is 0 Å².